The minimum Gasteiger partial charge on any atom is -0.406 e. The van der Waals surface area contributed by atoms with Gasteiger partial charge in [-0.3, -0.25) is 4.99 Å². The third-order valence-electron chi connectivity index (χ3n) is 3.26. The molecule has 1 aromatic carbocycles. The zero-order valence-corrected chi connectivity index (χ0v) is 15.0. The molecule has 0 saturated carbocycles. The van der Waals surface area contributed by atoms with Crippen LogP contribution in [0.15, 0.2) is 29.3 Å². The number of aliphatic imine (C=N–C) groups is 1. The summed E-state index contributed by atoms with van der Waals surface area (Å²) >= 11 is 0. The van der Waals surface area contributed by atoms with E-state index in [0.717, 1.165) is 12.1 Å². The van der Waals surface area contributed by atoms with Gasteiger partial charge in [0, 0.05) is 13.1 Å². The largest absolute Gasteiger partial charge is 0.573 e. The highest BCUT2D eigenvalue weighted by Gasteiger charge is 2.31. The zero-order chi connectivity index (χ0) is 16.9. The van der Waals surface area contributed by atoms with E-state index < -0.39 is 12.5 Å². The molecule has 6 nitrogen and oxygen atoms in total. The third-order valence-corrected chi connectivity index (χ3v) is 3.26. The average molecular weight is 461 g/mol. The number of benzene rings is 1. The minimum atomic E-state index is -4.74. The molecule has 0 bridgehead atoms. The lowest BCUT2D eigenvalue weighted by atomic mass is 10.1. The van der Waals surface area contributed by atoms with E-state index in [4.69, 9.17) is 10.5 Å². The van der Waals surface area contributed by atoms with Crippen molar-refractivity contribution < 1.29 is 27.8 Å². The lowest BCUT2D eigenvalue weighted by molar-refractivity contribution is -0.274. The number of rotatable bonds is 4. The van der Waals surface area contributed by atoms with E-state index in [1.54, 1.807) is 0 Å². The molecule has 1 aromatic rings. The molecule has 1 unspecified atom stereocenters. The van der Waals surface area contributed by atoms with E-state index in [-0.39, 0.29) is 36.3 Å². The summed E-state index contributed by atoms with van der Waals surface area (Å²) in [6.45, 7) is 2.42. The van der Waals surface area contributed by atoms with Crippen LogP contribution in [0.3, 0.4) is 0 Å². The van der Waals surface area contributed by atoms with Crippen molar-refractivity contribution in [2.75, 3.05) is 32.8 Å². The number of aliphatic hydroxyl groups is 1. The van der Waals surface area contributed by atoms with Crippen molar-refractivity contribution in [3.05, 3.63) is 29.8 Å². The molecule has 0 spiro atoms. The summed E-state index contributed by atoms with van der Waals surface area (Å²) in [5, 5.41) is 10.0. The van der Waals surface area contributed by atoms with Gasteiger partial charge < -0.3 is 25.2 Å². The van der Waals surface area contributed by atoms with Crippen LogP contribution in [-0.4, -0.2) is 55.2 Å². The van der Waals surface area contributed by atoms with E-state index in [1.807, 2.05) is 4.90 Å². The molecule has 1 fully saturated rings. The van der Waals surface area contributed by atoms with Crippen LogP contribution in [-0.2, 0) is 4.74 Å². The first-order chi connectivity index (χ1) is 10.8. The van der Waals surface area contributed by atoms with E-state index in [1.165, 1.54) is 12.1 Å². The summed E-state index contributed by atoms with van der Waals surface area (Å²) in [5.74, 6) is -0.0332. The Balaban J connectivity index is 0.00000288. The summed E-state index contributed by atoms with van der Waals surface area (Å²) in [5.41, 5.74) is 6.26. The Kier molecular flexibility index (Phi) is 8.03. The number of hydrogen-bond donors (Lipinski definition) is 2. The van der Waals surface area contributed by atoms with Crippen LogP contribution in [0.5, 0.6) is 5.75 Å². The first-order valence-corrected chi connectivity index (χ1v) is 7.01. The van der Waals surface area contributed by atoms with Crippen LogP contribution in [0.4, 0.5) is 13.2 Å². The van der Waals surface area contributed by atoms with Gasteiger partial charge in [-0.25, -0.2) is 0 Å². The monoisotopic (exact) mass is 461 g/mol. The summed E-state index contributed by atoms with van der Waals surface area (Å²) in [6, 6.07) is 4.99. The predicted molar refractivity (Wildman–Crippen MR) is 92.4 cm³/mol. The van der Waals surface area contributed by atoms with E-state index in [0.29, 0.717) is 37.8 Å². The molecule has 1 aliphatic heterocycles. The van der Waals surface area contributed by atoms with Crippen LogP contribution in [0, 0.1) is 0 Å². The van der Waals surface area contributed by atoms with Gasteiger partial charge >= 0.3 is 6.36 Å². The molecular weight excluding hydrogens is 442 g/mol. The van der Waals surface area contributed by atoms with E-state index >= 15 is 0 Å². The molecule has 0 aliphatic carbocycles. The van der Waals surface area contributed by atoms with Gasteiger partial charge in [-0.1, -0.05) is 12.1 Å². The zero-order valence-electron chi connectivity index (χ0n) is 12.7. The molecule has 3 N–H and O–H groups in total. The van der Waals surface area contributed by atoms with Crippen LogP contribution < -0.4 is 10.5 Å². The maximum Gasteiger partial charge on any atom is 0.573 e. The Hall–Kier alpha value is -1.27. The van der Waals surface area contributed by atoms with Crippen LogP contribution in [0.2, 0.25) is 0 Å². The number of nitrogens with two attached hydrogens (primary N) is 1. The van der Waals surface area contributed by atoms with Crippen LogP contribution in [0.1, 0.15) is 11.7 Å². The number of nitrogens with zero attached hydrogens (tertiary/aromatic N) is 2. The first kappa shape index (κ1) is 20.8. The second kappa shape index (κ2) is 9.28. The number of ether oxygens (including phenoxy) is 2. The molecular formula is C14H19F3IN3O3. The van der Waals surface area contributed by atoms with Crippen LogP contribution >= 0.6 is 24.0 Å². The van der Waals surface area contributed by atoms with Crippen molar-refractivity contribution in [3.63, 3.8) is 0 Å². The van der Waals surface area contributed by atoms with Crippen molar-refractivity contribution >= 4 is 29.9 Å². The predicted octanol–water partition coefficient (Wildman–Crippen LogP) is 1.88. The second-order valence-electron chi connectivity index (χ2n) is 4.93. The number of aliphatic hydroxyl groups excluding tert-OH is 1. The fraction of sp³-hybridized carbons (Fsp3) is 0.500. The Morgan fingerprint density at radius 3 is 2.42 bits per heavy atom. The summed E-state index contributed by atoms with van der Waals surface area (Å²) < 4.78 is 45.2. The smallest absolute Gasteiger partial charge is 0.406 e. The molecule has 2 rings (SSSR count). The van der Waals surface area contributed by atoms with Gasteiger partial charge in [0.2, 0.25) is 0 Å². The molecule has 1 saturated heterocycles. The number of hydrogen-bond acceptors (Lipinski definition) is 4. The van der Waals surface area contributed by atoms with Crippen LogP contribution in [0.25, 0.3) is 0 Å². The standard InChI is InChI=1S/C14H18F3N3O3.HI/c15-14(16,17)23-11-3-1-10(2-4-11)12(21)9-19-13(18)20-5-7-22-8-6-20;/h1-4,12,21H,5-9H2,(H2,18,19);1H. The Morgan fingerprint density at radius 2 is 1.88 bits per heavy atom. The fourth-order valence-corrected chi connectivity index (χ4v) is 2.07. The van der Waals surface area contributed by atoms with Gasteiger partial charge in [-0.05, 0) is 17.7 Å². The molecule has 136 valence electrons. The van der Waals surface area contributed by atoms with Gasteiger partial charge in [-0.2, -0.15) is 0 Å². The van der Waals surface area contributed by atoms with Gasteiger partial charge in [-0.15, -0.1) is 37.1 Å². The van der Waals surface area contributed by atoms with Crippen molar-refractivity contribution in [1.29, 1.82) is 0 Å². The first-order valence-electron chi connectivity index (χ1n) is 7.01. The van der Waals surface area contributed by atoms with E-state index in [2.05, 4.69) is 9.73 Å². The molecule has 1 heterocycles. The average Bonchev–Trinajstić information content (AvgIpc) is 2.52. The maximum atomic E-state index is 12.1. The third kappa shape index (κ3) is 6.69. The Bertz CT molecular complexity index is 534. The van der Waals surface area contributed by atoms with Gasteiger partial charge in [0.1, 0.15) is 5.75 Å². The maximum absolute atomic E-state index is 12.1. The molecule has 0 radical (unpaired) electrons. The minimum absolute atomic E-state index is 0. The topological polar surface area (TPSA) is 80.3 Å². The molecule has 24 heavy (non-hydrogen) atoms. The number of guanidine groups is 1. The van der Waals surface area contributed by atoms with Gasteiger partial charge in [0.15, 0.2) is 5.96 Å². The molecule has 1 atom stereocenters. The Morgan fingerprint density at radius 1 is 1.29 bits per heavy atom. The normalized spacial score (nSPS) is 17.2. The number of alkyl halides is 3. The molecule has 0 aromatic heterocycles. The summed E-state index contributed by atoms with van der Waals surface area (Å²) in [6.07, 6.45) is -5.70. The van der Waals surface area contributed by atoms with Crippen molar-refractivity contribution in [1.82, 2.24) is 4.90 Å². The quantitative estimate of drug-likeness (QED) is 0.407. The van der Waals surface area contributed by atoms with Crippen molar-refractivity contribution in [3.8, 4) is 5.75 Å². The van der Waals surface area contributed by atoms with Crippen molar-refractivity contribution in [2.45, 2.75) is 12.5 Å². The van der Waals surface area contributed by atoms with Gasteiger partial charge in [0.05, 0.1) is 25.9 Å². The summed E-state index contributed by atoms with van der Waals surface area (Å²) in [4.78, 5) is 5.95. The number of morpholine rings is 1. The lowest BCUT2D eigenvalue weighted by Crippen LogP contribution is -2.45. The summed E-state index contributed by atoms with van der Waals surface area (Å²) in [7, 11) is 0. The molecule has 0 amide bonds. The highest BCUT2D eigenvalue weighted by atomic mass is 127. The highest BCUT2D eigenvalue weighted by molar-refractivity contribution is 14.0. The van der Waals surface area contributed by atoms with Crippen molar-refractivity contribution in [2.24, 2.45) is 10.7 Å². The lowest BCUT2D eigenvalue weighted by Gasteiger charge is -2.27. The highest BCUT2D eigenvalue weighted by Crippen LogP contribution is 2.24. The van der Waals surface area contributed by atoms with Gasteiger partial charge in [0.25, 0.3) is 0 Å². The van der Waals surface area contributed by atoms with E-state index in [9.17, 15) is 18.3 Å². The fourth-order valence-electron chi connectivity index (χ4n) is 2.07. The second-order valence-corrected chi connectivity index (χ2v) is 4.93. The molecule has 1 aliphatic rings. The number of halogens is 4. The molecule has 10 heteroatoms. The Labute approximate surface area is 154 Å². The SMILES string of the molecule is I.NC(=NCC(O)c1ccc(OC(F)(F)F)cc1)N1CCOCC1.